The highest BCUT2D eigenvalue weighted by Gasteiger charge is 2.33. The van der Waals surface area contributed by atoms with Gasteiger partial charge in [0.25, 0.3) is 11.6 Å². The van der Waals surface area contributed by atoms with Gasteiger partial charge >= 0.3 is 12.1 Å². The average Bonchev–Trinajstić information content (AvgIpc) is 3.36. The average molecular weight is 669 g/mol. The van der Waals surface area contributed by atoms with E-state index in [0.717, 1.165) is 10.4 Å². The second-order valence-corrected chi connectivity index (χ2v) is 13.8. The van der Waals surface area contributed by atoms with Crippen molar-refractivity contribution in [1.82, 2.24) is 4.90 Å². The van der Waals surface area contributed by atoms with Crippen LogP contribution in [0, 0.1) is 10.1 Å². The topological polar surface area (TPSA) is 157 Å². The van der Waals surface area contributed by atoms with Crippen molar-refractivity contribution in [2.24, 2.45) is 0 Å². The lowest BCUT2D eigenvalue weighted by molar-refractivity contribution is -0.384. The zero-order chi connectivity index (χ0) is 33.6. The Morgan fingerprint density at radius 3 is 2.50 bits per heavy atom. The Hall–Kier alpha value is -4.43. The number of anilines is 2. The van der Waals surface area contributed by atoms with Crippen LogP contribution in [0.1, 0.15) is 72.2 Å². The number of amides is 3. The molecule has 1 aliphatic heterocycles. The monoisotopic (exact) mass is 668 g/mol. The Kier molecular flexibility index (Phi) is 11.1. The van der Waals surface area contributed by atoms with Crippen LogP contribution in [0.2, 0.25) is 0 Å². The molecule has 0 aliphatic carbocycles. The molecule has 2 N–H and O–H groups in total. The summed E-state index contributed by atoms with van der Waals surface area (Å²) in [6.45, 7) is 9.76. The lowest BCUT2D eigenvalue weighted by Gasteiger charge is -2.30. The molecule has 4 rings (SSSR count). The third-order valence-electron chi connectivity index (χ3n) is 6.78. The van der Waals surface area contributed by atoms with Gasteiger partial charge in [0.2, 0.25) is 5.91 Å². The van der Waals surface area contributed by atoms with Crippen LogP contribution in [0.4, 0.5) is 21.2 Å². The second-order valence-electron chi connectivity index (χ2n) is 11.4. The summed E-state index contributed by atoms with van der Waals surface area (Å²) < 4.78 is 10.9. The van der Waals surface area contributed by atoms with Crippen LogP contribution in [-0.2, 0) is 27.2 Å². The largest absolute Gasteiger partial charge is 0.462 e. The number of nitro groups is 1. The molecule has 1 aromatic heterocycles. The molecule has 1 aliphatic rings. The van der Waals surface area contributed by atoms with Gasteiger partial charge < -0.3 is 25.0 Å². The molecule has 244 valence electrons. The van der Waals surface area contributed by atoms with Gasteiger partial charge in [0.05, 0.1) is 28.9 Å². The first-order valence-corrected chi connectivity index (χ1v) is 16.4. The Labute approximate surface area is 275 Å². The number of carbonyl (C=O) groups excluding carboxylic acids is 4. The number of non-ortho nitro benzene ring substituents is 1. The van der Waals surface area contributed by atoms with Gasteiger partial charge in [-0.1, -0.05) is 19.1 Å². The van der Waals surface area contributed by atoms with Gasteiger partial charge in [-0.05, 0) is 70.4 Å². The summed E-state index contributed by atoms with van der Waals surface area (Å²) in [6, 6.07) is 12.4. The van der Waals surface area contributed by atoms with E-state index in [1.165, 1.54) is 47.4 Å². The quantitative estimate of drug-likeness (QED) is 0.102. The summed E-state index contributed by atoms with van der Waals surface area (Å²) in [6.07, 6.45) is 0.434. The molecule has 0 bridgehead atoms. The first kappa shape index (κ1) is 34.4. The number of benzene rings is 2. The maximum absolute atomic E-state index is 13.6. The Morgan fingerprint density at radius 1 is 1.09 bits per heavy atom. The van der Waals surface area contributed by atoms with Crippen molar-refractivity contribution in [3.63, 3.8) is 0 Å². The van der Waals surface area contributed by atoms with E-state index >= 15 is 0 Å². The number of fused-ring (bicyclic) bond motifs is 1. The Bertz CT molecular complexity index is 1650. The van der Waals surface area contributed by atoms with Gasteiger partial charge in [-0.15, -0.1) is 23.1 Å². The van der Waals surface area contributed by atoms with Crippen LogP contribution in [0.5, 0.6) is 0 Å². The molecule has 2 aromatic carbocycles. The van der Waals surface area contributed by atoms with Crippen LogP contribution in [-0.4, -0.2) is 57.7 Å². The van der Waals surface area contributed by atoms with Crippen LogP contribution in [0.3, 0.4) is 0 Å². The summed E-state index contributed by atoms with van der Waals surface area (Å²) in [5, 5.41) is 16.6. The molecular weight excluding hydrogens is 633 g/mol. The van der Waals surface area contributed by atoms with E-state index in [1.807, 2.05) is 13.0 Å². The predicted molar refractivity (Wildman–Crippen MR) is 177 cm³/mol. The summed E-state index contributed by atoms with van der Waals surface area (Å²) in [7, 11) is 0. The van der Waals surface area contributed by atoms with Crippen molar-refractivity contribution in [1.29, 1.82) is 0 Å². The molecule has 2 heterocycles. The van der Waals surface area contributed by atoms with Crippen LogP contribution >= 0.6 is 23.1 Å². The minimum Gasteiger partial charge on any atom is -0.462 e. The number of ether oxygens (including phenoxy) is 2. The SMILES string of the molecule is CCOC(=O)c1c(NC(=O)C(CC)Sc2cccc(NC(=O)c3cccc([N+](=O)[O-])c3)c2)sc2c1CCN(C(=O)OC(C)(C)C)C2. The predicted octanol–water partition coefficient (Wildman–Crippen LogP) is 6.89. The molecule has 0 saturated heterocycles. The van der Waals surface area contributed by atoms with Gasteiger partial charge in [0.1, 0.15) is 10.6 Å². The first-order chi connectivity index (χ1) is 21.8. The minimum absolute atomic E-state index is 0.142. The summed E-state index contributed by atoms with van der Waals surface area (Å²) in [4.78, 5) is 65.7. The molecule has 0 radical (unpaired) electrons. The zero-order valence-electron chi connectivity index (χ0n) is 26.2. The van der Waals surface area contributed by atoms with Crippen molar-refractivity contribution in [3.05, 3.63) is 80.2 Å². The normalized spacial score (nSPS) is 13.3. The standard InChI is InChI=1S/C32H36N4O8S2/c1-6-24(45-22-13-9-11-20(17-22)33-27(37)19-10-8-12-21(16-19)36(41)42)28(38)34-29-26(30(39)43-7-2)23-14-15-35(18-25(23)46-29)31(40)44-32(3,4)5/h8-13,16-17,24H,6-7,14-15,18H2,1-5H3,(H,33,37)(H,34,38). The minimum atomic E-state index is -0.648. The highest BCUT2D eigenvalue weighted by molar-refractivity contribution is 8.00. The van der Waals surface area contributed by atoms with Crippen molar-refractivity contribution < 1.29 is 33.6 Å². The molecule has 0 fully saturated rings. The molecule has 12 nitrogen and oxygen atoms in total. The number of thioether (sulfide) groups is 1. The van der Waals surface area contributed by atoms with Gasteiger partial charge in [-0.25, -0.2) is 9.59 Å². The summed E-state index contributed by atoms with van der Waals surface area (Å²) in [5.41, 5.74) is 0.832. The number of thiophene rings is 1. The third kappa shape index (κ3) is 8.63. The molecule has 46 heavy (non-hydrogen) atoms. The number of nitro benzene ring substituents is 1. The van der Waals surface area contributed by atoms with Gasteiger partial charge in [-0.2, -0.15) is 0 Å². The number of esters is 1. The number of carbonyl (C=O) groups is 4. The van der Waals surface area contributed by atoms with Crippen molar-refractivity contribution in [2.75, 3.05) is 23.8 Å². The molecule has 0 spiro atoms. The highest BCUT2D eigenvalue weighted by atomic mass is 32.2. The fraction of sp³-hybridized carbons (Fsp3) is 0.375. The Morgan fingerprint density at radius 2 is 1.83 bits per heavy atom. The molecule has 14 heteroatoms. The van der Waals surface area contributed by atoms with Crippen molar-refractivity contribution in [3.8, 4) is 0 Å². The molecule has 1 unspecified atom stereocenters. The number of nitrogens with one attached hydrogen (secondary N) is 2. The van der Waals surface area contributed by atoms with Crippen LogP contribution < -0.4 is 10.6 Å². The van der Waals surface area contributed by atoms with Crippen molar-refractivity contribution >= 4 is 63.4 Å². The van der Waals surface area contributed by atoms with E-state index in [9.17, 15) is 29.3 Å². The molecular formula is C32H36N4O8S2. The van der Waals surface area contributed by atoms with E-state index in [2.05, 4.69) is 10.6 Å². The molecule has 1 atom stereocenters. The molecule has 0 saturated carbocycles. The lowest BCUT2D eigenvalue weighted by atomic mass is 10.0. The van der Waals surface area contributed by atoms with E-state index in [1.54, 1.807) is 50.8 Å². The van der Waals surface area contributed by atoms with Gasteiger partial charge in [0, 0.05) is 39.7 Å². The fourth-order valence-corrected chi connectivity index (χ4v) is 6.95. The van der Waals surface area contributed by atoms with E-state index in [4.69, 9.17) is 9.47 Å². The fourth-order valence-electron chi connectivity index (χ4n) is 4.68. The van der Waals surface area contributed by atoms with E-state index < -0.39 is 33.7 Å². The zero-order valence-corrected chi connectivity index (χ0v) is 27.8. The smallest absolute Gasteiger partial charge is 0.410 e. The number of hydrogen-bond acceptors (Lipinski definition) is 10. The summed E-state index contributed by atoms with van der Waals surface area (Å²) >= 11 is 2.54. The number of rotatable bonds is 10. The van der Waals surface area contributed by atoms with Crippen LogP contribution in [0.15, 0.2) is 53.4 Å². The van der Waals surface area contributed by atoms with Gasteiger partial charge in [0.15, 0.2) is 0 Å². The maximum Gasteiger partial charge on any atom is 0.410 e. The van der Waals surface area contributed by atoms with E-state index in [0.29, 0.717) is 40.5 Å². The van der Waals surface area contributed by atoms with Crippen LogP contribution in [0.25, 0.3) is 0 Å². The lowest BCUT2D eigenvalue weighted by Crippen LogP contribution is -2.39. The van der Waals surface area contributed by atoms with Gasteiger partial charge in [-0.3, -0.25) is 19.7 Å². The molecule has 3 aromatic rings. The number of hydrogen-bond donors (Lipinski definition) is 2. The maximum atomic E-state index is 13.6. The third-order valence-corrected chi connectivity index (χ3v) is 9.27. The highest BCUT2D eigenvalue weighted by Crippen LogP contribution is 2.39. The second kappa shape index (κ2) is 14.8. The van der Waals surface area contributed by atoms with Crippen molar-refractivity contribution in [2.45, 2.75) is 69.8 Å². The number of nitrogens with zero attached hydrogens (tertiary/aromatic N) is 2. The Balaban J connectivity index is 1.49. The first-order valence-electron chi connectivity index (χ1n) is 14.7. The molecule has 3 amide bonds. The van der Waals surface area contributed by atoms with E-state index in [-0.39, 0.29) is 30.3 Å². The summed E-state index contributed by atoms with van der Waals surface area (Å²) in [5.74, 6) is -1.35.